The van der Waals surface area contributed by atoms with E-state index in [1.54, 1.807) is 6.92 Å². The van der Waals surface area contributed by atoms with Crippen molar-refractivity contribution in [3.63, 3.8) is 0 Å². The number of aryl methyl sites for hydroxylation is 1. The number of nitrogen functional groups attached to an aromatic ring is 1. The van der Waals surface area contributed by atoms with E-state index in [9.17, 15) is 0 Å². The van der Waals surface area contributed by atoms with Crippen LogP contribution >= 0.6 is 11.6 Å². The van der Waals surface area contributed by atoms with Gasteiger partial charge in [-0.25, -0.2) is 9.97 Å². The van der Waals surface area contributed by atoms with Crippen LogP contribution in [0.4, 0.5) is 5.82 Å². The second-order valence-electron chi connectivity index (χ2n) is 1.93. The van der Waals surface area contributed by atoms with Crippen molar-refractivity contribution in [1.82, 2.24) is 9.97 Å². The van der Waals surface area contributed by atoms with Gasteiger partial charge in [0, 0.05) is 0 Å². The summed E-state index contributed by atoms with van der Waals surface area (Å²) in [5.41, 5.74) is 5.51. The highest BCUT2D eigenvalue weighted by atomic mass is 35.5. The van der Waals surface area contributed by atoms with Gasteiger partial charge in [-0.15, -0.1) is 0 Å². The van der Waals surface area contributed by atoms with Gasteiger partial charge in [0.1, 0.15) is 23.3 Å². The average Bonchev–Trinajstić information content (AvgIpc) is 1.85. The van der Waals surface area contributed by atoms with Crippen molar-refractivity contribution < 1.29 is 0 Å². The van der Waals surface area contributed by atoms with Crippen LogP contribution in [0.2, 0.25) is 5.15 Å². The molecule has 0 spiro atoms. The molecule has 0 aliphatic rings. The normalized spacial score (nSPS) is 9.18. The number of nitriles is 1. The van der Waals surface area contributed by atoms with Crippen LogP contribution < -0.4 is 5.73 Å². The number of aromatic nitrogens is 2. The Kier molecular flexibility index (Phi) is 1.92. The van der Waals surface area contributed by atoms with Gasteiger partial charge in [0.2, 0.25) is 0 Å². The first-order valence-electron chi connectivity index (χ1n) is 2.85. The van der Waals surface area contributed by atoms with Crippen LogP contribution in [0.25, 0.3) is 0 Å². The monoisotopic (exact) mass is 168 g/mol. The summed E-state index contributed by atoms with van der Waals surface area (Å²) in [6.07, 6.45) is 0. The summed E-state index contributed by atoms with van der Waals surface area (Å²) in [5.74, 6) is 0.594. The van der Waals surface area contributed by atoms with Gasteiger partial charge in [0.15, 0.2) is 5.15 Å². The summed E-state index contributed by atoms with van der Waals surface area (Å²) < 4.78 is 0. The van der Waals surface area contributed by atoms with Crippen molar-refractivity contribution in [2.24, 2.45) is 0 Å². The van der Waals surface area contributed by atoms with Gasteiger partial charge in [0.05, 0.1) is 0 Å². The van der Waals surface area contributed by atoms with Crippen molar-refractivity contribution in [3.8, 4) is 6.07 Å². The van der Waals surface area contributed by atoms with E-state index in [2.05, 4.69) is 9.97 Å². The Hall–Kier alpha value is -1.34. The van der Waals surface area contributed by atoms with Crippen molar-refractivity contribution in [1.29, 1.82) is 5.26 Å². The molecule has 11 heavy (non-hydrogen) atoms. The molecule has 0 saturated heterocycles. The SMILES string of the molecule is Cc1nc(N)c(C#N)c(Cl)n1. The molecule has 0 fully saturated rings. The highest BCUT2D eigenvalue weighted by molar-refractivity contribution is 6.30. The number of halogens is 1. The zero-order valence-electron chi connectivity index (χ0n) is 5.80. The molecular weight excluding hydrogens is 164 g/mol. The summed E-state index contributed by atoms with van der Waals surface area (Å²) in [4.78, 5) is 7.52. The van der Waals surface area contributed by atoms with Gasteiger partial charge in [-0.1, -0.05) is 11.6 Å². The molecule has 0 aliphatic heterocycles. The van der Waals surface area contributed by atoms with Gasteiger partial charge >= 0.3 is 0 Å². The van der Waals surface area contributed by atoms with E-state index in [0.717, 1.165) is 0 Å². The van der Waals surface area contributed by atoms with Crippen LogP contribution in [0.15, 0.2) is 0 Å². The number of rotatable bonds is 0. The van der Waals surface area contributed by atoms with E-state index in [1.807, 2.05) is 6.07 Å². The average molecular weight is 169 g/mol. The molecule has 2 N–H and O–H groups in total. The standard InChI is InChI=1S/C6H5ClN4/c1-3-10-5(7)4(2-8)6(9)11-3/h1H3,(H2,9,10,11). The fraction of sp³-hybridized carbons (Fsp3) is 0.167. The summed E-state index contributed by atoms with van der Waals surface area (Å²) in [6, 6.07) is 1.81. The lowest BCUT2D eigenvalue weighted by Gasteiger charge is -1.98. The lowest BCUT2D eigenvalue weighted by atomic mass is 10.3. The molecule has 0 aliphatic carbocycles. The number of nitrogens with two attached hydrogens (primary N) is 1. The molecule has 0 saturated carbocycles. The van der Waals surface area contributed by atoms with Crippen molar-refractivity contribution in [3.05, 3.63) is 16.5 Å². The minimum Gasteiger partial charge on any atom is -0.382 e. The zero-order valence-corrected chi connectivity index (χ0v) is 6.55. The van der Waals surface area contributed by atoms with E-state index < -0.39 is 0 Å². The van der Waals surface area contributed by atoms with Gasteiger partial charge in [-0.05, 0) is 6.92 Å². The molecule has 0 aromatic carbocycles. The molecule has 1 aromatic rings. The Morgan fingerprint density at radius 3 is 2.64 bits per heavy atom. The van der Waals surface area contributed by atoms with Gasteiger partial charge in [-0.2, -0.15) is 5.26 Å². The van der Waals surface area contributed by atoms with E-state index in [4.69, 9.17) is 22.6 Å². The predicted octanol–water partition coefficient (Wildman–Crippen LogP) is 0.892. The molecule has 56 valence electrons. The Morgan fingerprint density at radius 2 is 2.18 bits per heavy atom. The number of anilines is 1. The van der Waals surface area contributed by atoms with Crippen LogP contribution in [0.5, 0.6) is 0 Å². The number of hydrogen-bond donors (Lipinski definition) is 1. The second-order valence-corrected chi connectivity index (χ2v) is 2.29. The molecule has 0 atom stereocenters. The quantitative estimate of drug-likeness (QED) is 0.584. The van der Waals surface area contributed by atoms with Crippen molar-refractivity contribution in [2.45, 2.75) is 6.92 Å². The Labute approximate surface area is 68.6 Å². The smallest absolute Gasteiger partial charge is 0.152 e. The van der Waals surface area contributed by atoms with E-state index in [-0.39, 0.29) is 16.5 Å². The van der Waals surface area contributed by atoms with E-state index in [1.165, 1.54) is 0 Å². The molecular formula is C6H5ClN4. The summed E-state index contributed by atoms with van der Waals surface area (Å²) >= 11 is 5.58. The fourth-order valence-corrected chi connectivity index (χ4v) is 0.924. The Bertz CT molecular complexity index is 305. The third-order valence-electron chi connectivity index (χ3n) is 1.12. The number of nitrogens with zero attached hydrogens (tertiary/aromatic N) is 3. The third-order valence-corrected chi connectivity index (χ3v) is 1.39. The highest BCUT2D eigenvalue weighted by Gasteiger charge is 2.06. The molecule has 0 amide bonds. The zero-order chi connectivity index (χ0) is 8.43. The maximum atomic E-state index is 8.50. The van der Waals surface area contributed by atoms with Crippen LogP contribution in [0.3, 0.4) is 0 Å². The molecule has 0 unspecified atom stereocenters. The lowest BCUT2D eigenvalue weighted by molar-refractivity contribution is 1.05. The second kappa shape index (κ2) is 2.72. The Balaban J connectivity index is 3.40. The highest BCUT2D eigenvalue weighted by Crippen LogP contribution is 2.16. The lowest BCUT2D eigenvalue weighted by Crippen LogP contribution is -2.00. The van der Waals surface area contributed by atoms with Crippen molar-refractivity contribution >= 4 is 17.4 Å². The fourth-order valence-electron chi connectivity index (χ4n) is 0.662. The molecule has 1 rings (SSSR count). The van der Waals surface area contributed by atoms with Crippen molar-refractivity contribution in [2.75, 3.05) is 5.73 Å². The van der Waals surface area contributed by atoms with Gasteiger partial charge in [-0.3, -0.25) is 0 Å². The number of hydrogen-bond acceptors (Lipinski definition) is 4. The topological polar surface area (TPSA) is 75.6 Å². The summed E-state index contributed by atoms with van der Waals surface area (Å²) in [6.45, 7) is 1.66. The van der Waals surface area contributed by atoms with Crippen LogP contribution in [-0.4, -0.2) is 9.97 Å². The Morgan fingerprint density at radius 1 is 1.55 bits per heavy atom. The minimum atomic E-state index is 0.109. The summed E-state index contributed by atoms with van der Waals surface area (Å²) in [7, 11) is 0. The molecule has 0 radical (unpaired) electrons. The largest absolute Gasteiger partial charge is 0.382 e. The third kappa shape index (κ3) is 1.38. The van der Waals surface area contributed by atoms with Gasteiger partial charge < -0.3 is 5.73 Å². The summed E-state index contributed by atoms with van der Waals surface area (Å²) in [5, 5.41) is 8.60. The van der Waals surface area contributed by atoms with Crippen LogP contribution in [-0.2, 0) is 0 Å². The first-order valence-corrected chi connectivity index (χ1v) is 3.22. The van der Waals surface area contributed by atoms with E-state index >= 15 is 0 Å². The minimum absolute atomic E-state index is 0.109. The van der Waals surface area contributed by atoms with Crippen LogP contribution in [0.1, 0.15) is 11.4 Å². The molecule has 1 heterocycles. The maximum Gasteiger partial charge on any atom is 0.152 e. The van der Waals surface area contributed by atoms with Crippen LogP contribution in [0, 0.1) is 18.3 Å². The molecule has 1 aromatic heterocycles. The molecule has 4 nitrogen and oxygen atoms in total. The first kappa shape index (κ1) is 7.76. The van der Waals surface area contributed by atoms with Gasteiger partial charge in [0.25, 0.3) is 0 Å². The maximum absolute atomic E-state index is 8.50. The first-order chi connectivity index (χ1) is 5.15. The molecule has 0 bridgehead atoms. The predicted molar refractivity (Wildman–Crippen MR) is 40.9 cm³/mol. The van der Waals surface area contributed by atoms with E-state index in [0.29, 0.717) is 5.82 Å². The molecule has 5 heteroatoms.